The maximum absolute atomic E-state index is 12.3. The molecule has 4 amide bonds. The number of carbonyl (C=O) groups is 3. The summed E-state index contributed by atoms with van der Waals surface area (Å²) in [5.74, 6) is -0.523. The van der Waals surface area contributed by atoms with Crippen molar-refractivity contribution in [2.24, 2.45) is 0 Å². The second-order valence-electron chi connectivity index (χ2n) is 5.65. The Labute approximate surface area is 147 Å². The van der Waals surface area contributed by atoms with Crippen LogP contribution in [0.1, 0.15) is 30.6 Å². The molecule has 0 bridgehead atoms. The first-order valence-electron chi connectivity index (χ1n) is 8.14. The van der Waals surface area contributed by atoms with Gasteiger partial charge in [0.15, 0.2) is 0 Å². The fraction of sp³-hybridized carbons (Fsp3) is 0.471. The maximum Gasteiger partial charge on any atom is 0.319 e. The van der Waals surface area contributed by atoms with Gasteiger partial charge in [-0.2, -0.15) is 0 Å². The van der Waals surface area contributed by atoms with Crippen LogP contribution in [0.3, 0.4) is 0 Å². The zero-order valence-electron chi connectivity index (χ0n) is 14.8. The highest BCUT2D eigenvalue weighted by Gasteiger charge is 2.13. The standard InChI is InChI=1S/C17H26N4O4/c1-12(2)20-17(24)21-14-7-5-4-6-13(14)16(23)19-9-8-15(22)18-10-11-25-3/h4-7,12H,8-11H2,1-3H3,(H,18,22)(H,19,23)(H2,20,21,24). The second-order valence-corrected chi connectivity index (χ2v) is 5.65. The fourth-order valence-corrected chi connectivity index (χ4v) is 1.98. The topological polar surface area (TPSA) is 109 Å². The first kappa shape index (κ1) is 20.4. The number of methoxy groups -OCH3 is 1. The van der Waals surface area contributed by atoms with Gasteiger partial charge in [0.25, 0.3) is 5.91 Å². The van der Waals surface area contributed by atoms with E-state index in [-0.39, 0.29) is 36.9 Å². The van der Waals surface area contributed by atoms with Gasteiger partial charge < -0.3 is 26.0 Å². The Hall–Kier alpha value is -2.61. The zero-order chi connectivity index (χ0) is 18.7. The number of benzene rings is 1. The molecule has 0 radical (unpaired) electrons. The minimum absolute atomic E-state index is 0.0161. The highest BCUT2D eigenvalue weighted by atomic mass is 16.5. The van der Waals surface area contributed by atoms with Crippen LogP contribution in [0.25, 0.3) is 0 Å². The van der Waals surface area contributed by atoms with Gasteiger partial charge >= 0.3 is 6.03 Å². The quantitative estimate of drug-likeness (QED) is 0.500. The molecule has 0 aliphatic carbocycles. The van der Waals surface area contributed by atoms with E-state index in [1.165, 1.54) is 0 Å². The van der Waals surface area contributed by atoms with Gasteiger partial charge in [0.05, 0.1) is 17.9 Å². The van der Waals surface area contributed by atoms with Gasteiger partial charge in [0, 0.05) is 32.7 Å². The monoisotopic (exact) mass is 350 g/mol. The first-order valence-corrected chi connectivity index (χ1v) is 8.14. The summed E-state index contributed by atoms with van der Waals surface area (Å²) in [5.41, 5.74) is 0.740. The van der Waals surface area contributed by atoms with Crippen LogP contribution >= 0.6 is 0 Å². The summed E-state index contributed by atoms with van der Waals surface area (Å²) in [7, 11) is 1.55. The Morgan fingerprint density at radius 3 is 2.48 bits per heavy atom. The molecule has 0 saturated carbocycles. The SMILES string of the molecule is COCCNC(=O)CCNC(=O)c1ccccc1NC(=O)NC(C)C. The highest BCUT2D eigenvalue weighted by Crippen LogP contribution is 2.14. The number of amides is 4. The molecule has 0 aromatic heterocycles. The van der Waals surface area contributed by atoms with Crippen LogP contribution in [0, 0.1) is 0 Å². The summed E-state index contributed by atoms with van der Waals surface area (Å²) in [4.78, 5) is 35.7. The van der Waals surface area contributed by atoms with Gasteiger partial charge in [-0.05, 0) is 26.0 Å². The van der Waals surface area contributed by atoms with Crippen LogP contribution in [0.15, 0.2) is 24.3 Å². The molecule has 8 nitrogen and oxygen atoms in total. The summed E-state index contributed by atoms with van der Waals surface area (Å²) in [5, 5.41) is 10.7. The highest BCUT2D eigenvalue weighted by molar-refractivity contribution is 6.03. The number of ether oxygens (including phenoxy) is 1. The number of urea groups is 1. The van der Waals surface area contributed by atoms with E-state index in [0.29, 0.717) is 24.4 Å². The van der Waals surface area contributed by atoms with E-state index in [0.717, 1.165) is 0 Å². The number of hydrogen-bond acceptors (Lipinski definition) is 4. The Bertz CT molecular complexity index is 590. The minimum atomic E-state index is -0.382. The Balaban J connectivity index is 2.52. The summed E-state index contributed by atoms with van der Waals surface area (Å²) in [6, 6.07) is 6.29. The van der Waals surface area contributed by atoms with Gasteiger partial charge in [-0.15, -0.1) is 0 Å². The third-order valence-corrected chi connectivity index (χ3v) is 3.11. The lowest BCUT2D eigenvalue weighted by Gasteiger charge is -2.13. The lowest BCUT2D eigenvalue weighted by molar-refractivity contribution is -0.121. The molecule has 1 rings (SSSR count). The van der Waals surface area contributed by atoms with Crippen molar-refractivity contribution in [2.45, 2.75) is 26.3 Å². The largest absolute Gasteiger partial charge is 0.383 e. The van der Waals surface area contributed by atoms with Crippen LogP contribution < -0.4 is 21.3 Å². The van der Waals surface area contributed by atoms with E-state index in [9.17, 15) is 14.4 Å². The van der Waals surface area contributed by atoms with E-state index < -0.39 is 0 Å². The maximum atomic E-state index is 12.3. The Morgan fingerprint density at radius 1 is 1.08 bits per heavy atom. The predicted molar refractivity (Wildman–Crippen MR) is 95.6 cm³/mol. The van der Waals surface area contributed by atoms with Crippen molar-refractivity contribution in [3.63, 3.8) is 0 Å². The number of rotatable bonds is 9. The lowest BCUT2D eigenvalue weighted by Crippen LogP contribution is -2.35. The first-order chi connectivity index (χ1) is 11.9. The fourth-order valence-electron chi connectivity index (χ4n) is 1.98. The molecule has 0 aliphatic rings. The summed E-state index contributed by atoms with van der Waals surface area (Å²) in [6.45, 7) is 4.76. The van der Waals surface area contributed by atoms with Crippen molar-refractivity contribution in [1.82, 2.24) is 16.0 Å². The van der Waals surface area contributed by atoms with Gasteiger partial charge in [-0.1, -0.05) is 12.1 Å². The van der Waals surface area contributed by atoms with Crippen molar-refractivity contribution in [2.75, 3.05) is 32.1 Å². The average molecular weight is 350 g/mol. The predicted octanol–water partition coefficient (Wildman–Crippen LogP) is 1.10. The van der Waals surface area contributed by atoms with E-state index in [2.05, 4.69) is 21.3 Å². The number of anilines is 1. The van der Waals surface area contributed by atoms with E-state index in [1.807, 2.05) is 13.8 Å². The average Bonchev–Trinajstić information content (AvgIpc) is 2.54. The lowest BCUT2D eigenvalue weighted by atomic mass is 10.1. The van der Waals surface area contributed by atoms with E-state index in [1.54, 1.807) is 31.4 Å². The molecule has 0 heterocycles. The number of para-hydroxylation sites is 1. The van der Waals surface area contributed by atoms with Crippen LogP contribution in [-0.4, -0.2) is 50.7 Å². The molecular formula is C17H26N4O4. The molecule has 4 N–H and O–H groups in total. The molecule has 0 fully saturated rings. The van der Waals surface area contributed by atoms with Crippen molar-refractivity contribution < 1.29 is 19.1 Å². The molecule has 0 unspecified atom stereocenters. The minimum Gasteiger partial charge on any atom is -0.383 e. The molecule has 0 atom stereocenters. The van der Waals surface area contributed by atoms with Gasteiger partial charge in [0.1, 0.15) is 0 Å². The second kappa shape index (κ2) is 11.0. The summed E-state index contributed by atoms with van der Waals surface area (Å²) in [6.07, 6.45) is 0.166. The summed E-state index contributed by atoms with van der Waals surface area (Å²) < 4.78 is 4.84. The van der Waals surface area contributed by atoms with Gasteiger partial charge in [-0.3, -0.25) is 9.59 Å². The molecule has 138 valence electrons. The van der Waals surface area contributed by atoms with Gasteiger partial charge in [-0.25, -0.2) is 4.79 Å². The van der Waals surface area contributed by atoms with Gasteiger partial charge in [0.2, 0.25) is 5.91 Å². The van der Waals surface area contributed by atoms with Crippen molar-refractivity contribution >= 4 is 23.5 Å². The Morgan fingerprint density at radius 2 is 1.80 bits per heavy atom. The van der Waals surface area contributed by atoms with E-state index >= 15 is 0 Å². The molecule has 25 heavy (non-hydrogen) atoms. The van der Waals surface area contributed by atoms with Crippen LogP contribution in [0.5, 0.6) is 0 Å². The molecule has 0 saturated heterocycles. The van der Waals surface area contributed by atoms with Crippen molar-refractivity contribution in [3.05, 3.63) is 29.8 Å². The molecule has 1 aromatic rings. The van der Waals surface area contributed by atoms with Crippen LogP contribution in [0.4, 0.5) is 10.5 Å². The summed E-state index contributed by atoms with van der Waals surface area (Å²) >= 11 is 0. The normalized spacial score (nSPS) is 10.2. The number of carbonyl (C=O) groups excluding carboxylic acids is 3. The third kappa shape index (κ3) is 8.16. The number of nitrogens with one attached hydrogen (secondary N) is 4. The van der Waals surface area contributed by atoms with Crippen LogP contribution in [-0.2, 0) is 9.53 Å². The zero-order valence-corrected chi connectivity index (χ0v) is 14.8. The molecular weight excluding hydrogens is 324 g/mol. The molecule has 0 spiro atoms. The van der Waals surface area contributed by atoms with Crippen molar-refractivity contribution in [1.29, 1.82) is 0 Å². The molecule has 8 heteroatoms. The van der Waals surface area contributed by atoms with E-state index in [4.69, 9.17) is 4.74 Å². The smallest absolute Gasteiger partial charge is 0.319 e. The molecule has 1 aromatic carbocycles. The Kier molecular flexibility index (Phi) is 9.02. The van der Waals surface area contributed by atoms with Crippen LogP contribution in [0.2, 0.25) is 0 Å². The number of hydrogen-bond donors (Lipinski definition) is 4. The van der Waals surface area contributed by atoms with Crippen molar-refractivity contribution in [3.8, 4) is 0 Å². The third-order valence-electron chi connectivity index (χ3n) is 3.11. The molecule has 0 aliphatic heterocycles.